The Hall–Kier alpha value is -3.19. The Morgan fingerprint density at radius 2 is 2.00 bits per heavy atom. The second-order valence-corrected chi connectivity index (χ2v) is 5.53. The van der Waals surface area contributed by atoms with Gasteiger partial charge in [0.2, 0.25) is 0 Å². The van der Waals surface area contributed by atoms with Crippen LogP contribution in [0.1, 0.15) is 21.7 Å². The second kappa shape index (κ2) is 7.14. The molecule has 0 atom stereocenters. The number of nitrogens with zero attached hydrogens (tertiary/aromatic N) is 4. The van der Waals surface area contributed by atoms with Crippen molar-refractivity contribution in [3.05, 3.63) is 76.1 Å². The molecule has 0 saturated heterocycles. The van der Waals surface area contributed by atoms with Crippen LogP contribution in [-0.4, -0.2) is 30.6 Å². The normalized spacial score (nSPS) is 10.6. The first-order chi connectivity index (χ1) is 12.1. The fraction of sp³-hybridized carbons (Fsp3) is 0.167. The number of aryl methyl sites for hydroxylation is 1. The van der Waals surface area contributed by atoms with Crippen molar-refractivity contribution >= 4 is 5.78 Å². The Kier molecular flexibility index (Phi) is 4.76. The van der Waals surface area contributed by atoms with Gasteiger partial charge in [0, 0.05) is 18.7 Å². The van der Waals surface area contributed by atoms with E-state index in [4.69, 9.17) is 0 Å². The number of rotatable bonds is 5. The zero-order chi connectivity index (χ0) is 17.8. The van der Waals surface area contributed by atoms with Gasteiger partial charge in [0.05, 0.1) is 24.4 Å². The summed E-state index contributed by atoms with van der Waals surface area (Å²) in [7, 11) is 1.53. The summed E-state index contributed by atoms with van der Waals surface area (Å²) in [6.45, 7) is -0.0664. The number of aliphatic hydroxyl groups excluding tert-OH is 1. The maximum atomic E-state index is 12.5. The highest BCUT2D eigenvalue weighted by atomic mass is 16.3. The molecule has 0 unspecified atom stereocenters. The predicted octanol–water partition coefficient (Wildman–Crippen LogP) is 1.15. The van der Waals surface area contributed by atoms with Gasteiger partial charge in [-0.25, -0.2) is 14.6 Å². The molecule has 7 nitrogen and oxygen atoms in total. The minimum atomic E-state index is -0.232. The van der Waals surface area contributed by atoms with E-state index in [2.05, 4.69) is 15.1 Å². The Balaban J connectivity index is 1.86. The number of carbonyl (C=O) groups is 1. The minimum absolute atomic E-state index is 0.0429. The molecule has 0 aliphatic heterocycles. The number of ketones is 1. The highest BCUT2D eigenvalue weighted by Crippen LogP contribution is 2.19. The SMILES string of the molecule is Cn1nc(CC(=O)c2cc(-c3cccc(CO)c3)ncn2)ccc1=O. The van der Waals surface area contributed by atoms with Gasteiger partial charge in [0.1, 0.15) is 12.0 Å². The zero-order valence-electron chi connectivity index (χ0n) is 13.6. The van der Waals surface area contributed by atoms with E-state index >= 15 is 0 Å². The molecule has 0 amide bonds. The van der Waals surface area contributed by atoms with Gasteiger partial charge in [0.15, 0.2) is 5.78 Å². The summed E-state index contributed by atoms with van der Waals surface area (Å²) in [6, 6.07) is 11.8. The Labute approximate surface area is 143 Å². The molecular formula is C18H16N4O3. The van der Waals surface area contributed by atoms with Gasteiger partial charge >= 0.3 is 0 Å². The quantitative estimate of drug-likeness (QED) is 0.702. The lowest BCUT2D eigenvalue weighted by atomic mass is 10.1. The van der Waals surface area contributed by atoms with E-state index in [-0.39, 0.29) is 30.1 Å². The largest absolute Gasteiger partial charge is 0.392 e. The van der Waals surface area contributed by atoms with E-state index in [9.17, 15) is 14.7 Å². The average molecular weight is 336 g/mol. The second-order valence-electron chi connectivity index (χ2n) is 5.53. The maximum absolute atomic E-state index is 12.5. The topological polar surface area (TPSA) is 98.0 Å². The van der Waals surface area contributed by atoms with Gasteiger partial charge in [-0.05, 0) is 23.8 Å². The molecule has 1 aromatic carbocycles. The Morgan fingerprint density at radius 3 is 2.76 bits per heavy atom. The van der Waals surface area contributed by atoms with Crippen LogP contribution in [0.15, 0.2) is 53.6 Å². The summed E-state index contributed by atoms with van der Waals surface area (Å²) in [6.07, 6.45) is 1.38. The van der Waals surface area contributed by atoms with Crippen LogP contribution in [0.3, 0.4) is 0 Å². The number of carbonyl (C=O) groups excluding carboxylic acids is 1. The molecule has 7 heteroatoms. The van der Waals surface area contributed by atoms with Crippen LogP contribution in [0.4, 0.5) is 0 Å². The van der Waals surface area contributed by atoms with E-state index in [1.807, 2.05) is 24.3 Å². The fourth-order valence-electron chi connectivity index (χ4n) is 2.40. The molecule has 0 bridgehead atoms. The van der Waals surface area contributed by atoms with Crippen molar-refractivity contribution in [3.63, 3.8) is 0 Å². The molecule has 1 N–H and O–H groups in total. The van der Waals surface area contributed by atoms with Gasteiger partial charge < -0.3 is 5.11 Å². The van der Waals surface area contributed by atoms with Crippen LogP contribution in [-0.2, 0) is 20.1 Å². The van der Waals surface area contributed by atoms with Gasteiger partial charge in [-0.1, -0.05) is 18.2 Å². The average Bonchev–Trinajstić information content (AvgIpc) is 2.65. The molecule has 3 aromatic rings. The summed E-state index contributed by atoms with van der Waals surface area (Å²) < 4.78 is 1.19. The third-order valence-electron chi connectivity index (χ3n) is 3.72. The van der Waals surface area contributed by atoms with Gasteiger partial charge in [0.25, 0.3) is 5.56 Å². The monoisotopic (exact) mass is 336 g/mol. The van der Waals surface area contributed by atoms with Crippen LogP contribution in [0.2, 0.25) is 0 Å². The van der Waals surface area contributed by atoms with Crippen molar-refractivity contribution in [2.75, 3.05) is 0 Å². The first-order valence-corrected chi connectivity index (χ1v) is 7.65. The van der Waals surface area contributed by atoms with Crippen molar-refractivity contribution < 1.29 is 9.90 Å². The zero-order valence-corrected chi connectivity index (χ0v) is 13.6. The molecular weight excluding hydrogens is 320 g/mol. The third kappa shape index (κ3) is 3.84. The number of hydrogen-bond donors (Lipinski definition) is 1. The molecule has 0 aliphatic carbocycles. The molecule has 0 spiro atoms. The first-order valence-electron chi connectivity index (χ1n) is 7.65. The van der Waals surface area contributed by atoms with Crippen LogP contribution in [0.5, 0.6) is 0 Å². The molecule has 0 radical (unpaired) electrons. The van der Waals surface area contributed by atoms with Crippen LogP contribution in [0, 0.1) is 0 Å². The molecule has 0 saturated carbocycles. The molecule has 2 aromatic heterocycles. The Bertz CT molecular complexity index is 982. The predicted molar refractivity (Wildman–Crippen MR) is 90.9 cm³/mol. The highest BCUT2D eigenvalue weighted by molar-refractivity contribution is 5.96. The maximum Gasteiger partial charge on any atom is 0.266 e. The van der Waals surface area contributed by atoms with Crippen molar-refractivity contribution in [1.82, 2.24) is 19.7 Å². The fourth-order valence-corrected chi connectivity index (χ4v) is 2.40. The van der Waals surface area contributed by atoms with Gasteiger partial charge in [-0.3, -0.25) is 9.59 Å². The van der Waals surface area contributed by atoms with Crippen LogP contribution in [0.25, 0.3) is 11.3 Å². The van der Waals surface area contributed by atoms with Crippen molar-refractivity contribution in [2.24, 2.45) is 7.05 Å². The van der Waals surface area contributed by atoms with Gasteiger partial charge in [-0.2, -0.15) is 5.10 Å². The smallest absolute Gasteiger partial charge is 0.266 e. The van der Waals surface area contributed by atoms with E-state index in [0.29, 0.717) is 11.4 Å². The lowest BCUT2D eigenvalue weighted by Crippen LogP contribution is -2.20. The molecule has 0 aliphatic rings. The number of aliphatic hydroxyl groups is 1. The number of aromatic nitrogens is 4. The van der Waals surface area contributed by atoms with Crippen LogP contribution < -0.4 is 5.56 Å². The summed E-state index contributed by atoms with van der Waals surface area (Å²) >= 11 is 0. The lowest BCUT2D eigenvalue weighted by molar-refractivity contribution is 0.0986. The summed E-state index contributed by atoms with van der Waals surface area (Å²) in [5.41, 5.74) is 2.69. The van der Waals surface area contributed by atoms with E-state index in [1.54, 1.807) is 6.07 Å². The summed E-state index contributed by atoms with van der Waals surface area (Å²) in [5, 5.41) is 13.3. The summed E-state index contributed by atoms with van der Waals surface area (Å²) in [5.74, 6) is -0.215. The molecule has 2 heterocycles. The number of hydrogen-bond acceptors (Lipinski definition) is 6. The van der Waals surface area contributed by atoms with Crippen LogP contribution >= 0.6 is 0 Å². The number of Topliss-reactive ketones (excluding diaryl/α,β-unsaturated/α-hetero) is 1. The van der Waals surface area contributed by atoms with Gasteiger partial charge in [-0.15, -0.1) is 0 Å². The lowest BCUT2D eigenvalue weighted by Gasteiger charge is -2.05. The third-order valence-corrected chi connectivity index (χ3v) is 3.72. The molecule has 25 heavy (non-hydrogen) atoms. The first kappa shape index (κ1) is 16.7. The molecule has 3 rings (SSSR count). The molecule has 126 valence electrons. The van der Waals surface area contributed by atoms with E-state index in [1.165, 1.54) is 30.2 Å². The number of benzene rings is 1. The standard InChI is InChI=1S/C18H16N4O3/c1-22-18(25)6-5-14(21-22)8-17(24)16-9-15(19-11-20-16)13-4-2-3-12(7-13)10-23/h2-7,9,11,23H,8,10H2,1H3. The Morgan fingerprint density at radius 1 is 1.16 bits per heavy atom. The summed E-state index contributed by atoms with van der Waals surface area (Å²) in [4.78, 5) is 32.0. The van der Waals surface area contributed by atoms with Crippen molar-refractivity contribution in [1.29, 1.82) is 0 Å². The van der Waals surface area contributed by atoms with Crippen molar-refractivity contribution in [2.45, 2.75) is 13.0 Å². The van der Waals surface area contributed by atoms with E-state index in [0.717, 1.165) is 11.1 Å². The highest BCUT2D eigenvalue weighted by Gasteiger charge is 2.12. The molecule has 0 fully saturated rings. The van der Waals surface area contributed by atoms with Crippen molar-refractivity contribution in [3.8, 4) is 11.3 Å². The minimum Gasteiger partial charge on any atom is -0.392 e. The van der Waals surface area contributed by atoms with E-state index < -0.39 is 0 Å².